The smallest absolute Gasteiger partial charge is 0.270 e. The van der Waals surface area contributed by atoms with E-state index in [1.807, 2.05) is 6.92 Å². The van der Waals surface area contributed by atoms with Crippen molar-refractivity contribution < 1.29 is 14.3 Å². The lowest BCUT2D eigenvalue weighted by atomic mass is 9.99. The van der Waals surface area contributed by atoms with Gasteiger partial charge in [0.2, 0.25) is 0 Å². The van der Waals surface area contributed by atoms with Crippen LogP contribution in [-0.4, -0.2) is 35.4 Å². The number of halogens is 1. The number of rotatable bonds is 5. The molecule has 1 aliphatic heterocycles. The zero-order valence-electron chi connectivity index (χ0n) is 19.9. The van der Waals surface area contributed by atoms with Crippen LogP contribution in [0.15, 0.2) is 54.7 Å². The van der Waals surface area contributed by atoms with Gasteiger partial charge >= 0.3 is 0 Å². The number of benzene rings is 2. The zero-order chi connectivity index (χ0) is 26.1. The minimum atomic E-state index is -0.410. The molecule has 0 unspecified atom stereocenters. The number of hydrogen-bond donors (Lipinski definition) is 1. The minimum absolute atomic E-state index is 0.190. The van der Waals surface area contributed by atoms with Crippen LogP contribution < -0.4 is 15.0 Å². The third-order valence-corrected chi connectivity index (χ3v) is 7.21. The van der Waals surface area contributed by atoms with E-state index < -0.39 is 5.91 Å². The normalized spacial score (nSPS) is 12.6. The molecule has 2 aromatic heterocycles. The van der Waals surface area contributed by atoms with E-state index in [0.29, 0.717) is 67.4 Å². The van der Waals surface area contributed by atoms with Gasteiger partial charge in [-0.3, -0.25) is 19.9 Å². The molecule has 37 heavy (non-hydrogen) atoms. The van der Waals surface area contributed by atoms with E-state index in [9.17, 15) is 9.59 Å². The lowest BCUT2D eigenvalue weighted by molar-refractivity contribution is 0.0983. The van der Waals surface area contributed by atoms with Gasteiger partial charge < -0.3 is 9.64 Å². The lowest BCUT2D eigenvalue weighted by Crippen LogP contribution is -2.36. The predicted molar refractivity (Wildman–Crippen MR) is 143 cm³/mol. The van der Waals surface area contributed by atoms with Gasteiger partial charge in [-0.15, -0.1) is 0 Å². The van der Waals surface area contributed by atoms with Crippen molar-refractivity contribution in [2.24, 2.45) is 0 Å². The van der Waals surface area contributed by atoms with Crippen molar-refractivity contribution in [1.29, 1.82) is 5.26 Å². The van der Waals surface area contributed by atoms with E-state index in [-0.39, 0.29) is 5.91 Å². The SMILES string of the molecule is COc1ccc(Cl)cc1-c1cc(C)ncc1C(=O)Nc1nc2c(s1)C(=O)N(c1ccc(C#N)cc1)CC2. The molecule has 3 heterocycles. The Bertz CT molecular complexity index is 1580. The van der Waals surface area contributed by atoms with Gasteiger partial charge in [0.1, 0.15) is 10.6 Å². The Morgan fingerprint density at radius 2 is 1.97 bits per heavy atom. The number of thiazole rings is 1. The Labute approximate surface area is 222 Å². The molecule has 0 bridgehead atoms. The van der Waals surface area contributed by atoms with Gasteiger partial charge in [-0.2, -0.15) is 5.26 Å². The van der Waals surface area contributed by atoms with Crippen molar-refractivity contribution in [2.45, 2.75) is 13.3 Å². The molecule has 2 amide bonds. The number of nitrogens with zero attached hydrogens (tertiary/aromatic N) is 4. The molecule has 0 saturated heterocycles. The number of anilines is 2. The zero-order valence-corrected chi connectivity index (χ0v) is 21.5. The van der Waals surface area contributed by atoms with Crippen molar-refractivity contribution >= 4 is 45.6 Å². The number of amides is 2. The van der Waals surface area contributed by atoms with Gasteiger partial charge in [0.25, 0.3) is 11.8 Å². The molecule has 0 spiro atoms. The summed E-state index contributed by atoms with van der Waals surface area (Å²) < 4.78 is 5.49. The number of pyridine rings is 1. The van der Waals surface area contributed by atoms with Gasteiger partial charge in [0.15, 0.2) is 5.13 Å². The molecule has 5 rings (SSSR count). The highest BCUT2D eigenvalue weighted by Crippen LogP contribution is 2.36. The Morgan fingerprint density at radius 3 is 2.70 bits per heavy atom. The van der Waals surface area contributed by atoms with Crippen molar-refractivity contribution in [3.05, 3.63) is 87.1 Å². The first-order valence-electron chi connectivity index (χ1n) is 11.3. The monoisotopic (exact) mass is 529 g/mol. The molecule has 0 atom stereocenters. The molecule has 4 aromatic rings. The number of fused-ring (bicyclic) bond motifs is 1. The summed E-state index contributed by atoms with van der Waals surface area (Å²) in [4.78, 5) is 37.5. The second-order valence-corrected chi connectivity index (χ2v) is 9.77. The number of ether oxygens (including phenoxy) is 1. The number of carbonyl (C=O) groups excluding carboxylic acids is 2. The van der Waals surface area contributed by atoms with Gasteiger partial charge in [-0.05, 0) is 55.5 Å². The van der Waals surface area contributed by atoms with Crippen molar-refractivity contribution in [3.8, 4) is 22.9 Å². The molecular weight excluding hydrogens is 510 g/mol. The fourth-order valence-electron chi connectivity index (χ4n) is 4.16. The number of nitrogens with one attached hydrogen (secondary N) is 1. The van der Waals surface area contributed by atoms with Crippen LogP contribution in [0.3, 0.4) is 0 Å². The molecule has 0 aliphatic carbocycles. The predicted octanol–water partition coefficient (Wildman–Crippen LogP) is 5.50. The molecule has 0 fully saturated rings. The van der Waals surface area contributed by atoms with E-state index in [0.717, 1.165) is 17.0 Å². The Kier molecular flexibility index (Phi) is 6.61. The summed E-state index contributed by atoms with van der Waals surface area (Å²) >= 11 is 7.37. The first kappa shape index (κ1) is 24.4. The summed E-state index contributed by atoms with van der Waals surface area (Å²) in [6, 6.07) is 15.9. The first-order chi connectivity index (χ1) is 17.9. The van der Waals surface area contributed by atoms with E-state index in [2.05, 4.69) is 21.4 Å². The van der Waals surface area contributed by atoms with Crippen LogP contribution in [0.4, 0.5) is 10.8 Å². The lowest BCUT2D eigenvalue weighted by Gasteiger charge is -2.25. The standard InChI is InChI=1S/C27H20ClN5O3S/c1-15-11-19(20-12-17(28)5-8-23(20)36-2)21(14-30-15)25(34)32-27-31-22-9-10-33(26(35)24(22)37-27)18-6-3-16(13-29)4-7-18/h3-8,11-12,14H,9-10H2,1-2H3,(H,31,32,34). The van der Waals surface area contributed by atoms with E-state index in [4.69, 9.17) is 21.6 Å². The molecule has 1 N–H and O–H groups in total. The van der Waals surface area contributed by atoms with E-state index in [1.165, 1.54) is 6.20 Å². The third-order valence-electron chi connectivity index (χ3n) is 5.97. The molecule has 2 aromatic carbocycles. The van der Waals surface area contributed by atoms with Crippen LogP contribution in [0.2, 0.25) is 5.02 Å². The minimum Gasteiger partial charge on any atom is -0.496 e. The maximum absolute atomic E-state index is 13.4. The van der Waals surface area contributed by atoms with Gasteiger partial charge in [0, 0.05) is 46.7 Å². The van der Waals surface area contributed by atoms with E-state index >= 15 is 0 Å². The molecule has 8 nitrogen and oxygen atoms in total. The van der Waals surface area contributed by atoms with Crippen LogP contribution >= 0.6 is 22.9 Å². The molecule has 184 valence electrons. The largest absolute Gasteiger partial charge is 0.496 e. The van der Waals surface area contributed by atoms with Crippen LogP contribution in [0.25, 0.3) is 11.1 Å². The van der Waals surface area contributed by atoms with Crippen LogP contribution in [0, 0.1) is 18.3 Å². The molecular formula is C27H20ClN5O3S. The topological polar surface area (TPSA) is 108 Å². The Balaban J connectivity index is 1.43. The summed E-state index contributed by atoms with van der Waals surface area (Å²) in [7, 11) is 1.55. The second-order valence-electron chi connectivity index (χ2n) is 8.33. The quantitative estimate of drug-likeness (QED) is 0.365. The number of aromatic nitrogens is 2. The highest BCUT2D eigenvalue weighted by molar-refractivity contribution is 7.18. The second kappa shape index (κ2) is 10.0. The number of carbonyl (C=O) groups is 2. The third kappa shape index (κ3) is 4.77. The summed E-state index contributed by atoms with van der Waals surface area (Å²) in [5.74, 6) is -0.0282. The fourth-order valence-corrected chi connectivity index (χ4v) is 5.29. The van der Waals surface area contributed by atoms with Gasteiger partial charge in [0.05, 0.1) is 30.0 Å². The van der Waals surface area contributed by atoms with Crippen molar-refractivity contribution in [1.82, 2.24) is 9.97 Å². The summed E-state index contributed by atoms with van der Waals surface area (Å²) in [5.41, 5.74) is 4.22. The molecule has 0 radical (unpaired) electrons. The summed E-state index contributed by atoms with van der Waals surface area (Å²) in [6.07, 6.45) is 2.05. The average molecular weight is 530 g/mol. The number of hydrogen-bond acceptors (Lipinski definition) is 7. The van der Waals surface area contributed by atoms with E-state index in [1.54, 1.807) is 60.5 Å². The van der Waals surface area contributed by atoms with Crippen molar-refractivity contribution in [3.63, 3.8) is 0 Å². The van der Waals surface area contributed by atoms with Crippen LogP contribution in [0.1, 0.15) is 37.0 Å². The fraction of sp³-hybridized carbons (Fsp3) is 0.148. The van der Waals surface area contributed by atoms with Crippen LogP contribution in [0.5, 0.6) is 5.75 Å². The summed E-state index contributed by atoms with van der Waals surface area (Å²) in [6.45, 7) is 2.29. The van der Waals surface area contributed by atoms with Crippen molar-refractivity contribution in [2.75, 3.05) is 23.9 Å². The average Bonchev–Trinajstić information content (AvgIpc) is 3.32. The maximum atomic E-state index is 13.4. The highest BCUT2D eigenvalue weighted by atomic mass is 35.5. The molecule has 10 heteroatoms. The summed E-state index contributed by atoms with van der Waals surface area (Å²) in [5, 5.41) is 12.7. The number of nitriles is 1. The number of methoxy groups -OCH3 is 1. The molecule has 0 saturated carbocycles. The van der Waals surface area contributed by atoms with Gasteiger partial charge in [-0.1, -0.05) is 22.9 Å². The first-order valence-corrected chi connectivity index (χ1v) is 12.5. The highest BCUT2D eigenvalue weighted by Gasteiger charge is 2.30. The van der Waals surface area contributed by atoms with Crippen LogP contribution in [-0.2, 0) is 6.42 Å². The maximum Gasteiger partial charge on any atom is 0.270 e. The molecule has 1 aliphatic rings. The number of aryl methyl sites for hydroxylation is 1. The Hall–Kier alpha value is -4.26. The Morgan fingerprint density at radius 1 is 1.19 bits per heavy atom. The van der Waals surface area contributed by atoms with Gasteiger partial charge in [-0.25, -0.2) is 4.98 Å².